The van der Waals surface area contributed by atoms with E-state index in [9.17, 15) is 0 Å². The Bertz CT molecular complexity index is 732. The average molecular weight is 248 g/mol. The summed E-state index contributed by atoms with van der Waals surface area (Å²) in [6.45, 7) is 0. The summed E-state index contributed by atoms with van der Waals surface area (Å²) in [5.74, 6) is 0.847. The highest BCUT2D eigenvalue weighted by atomic mass is 16.6. The second-order valence-corrected chi connectivity index (χ2v) is 4.77. The molecule has 3 heteroatoms. The van der Waals surface area contributed by atoms with Crippen molar-refractivity contribution in [2.45, 2.75) is 6.42 Å². The van der Waals surface area contributed by atoms with Gasteiger partial charge in [-0.2, -0.15) is 0 Å². The molecular formula is C16H12N2O. The average Bonchev–Trinajstić information content (AvgIpc) is 2.47. The van der Waals surface area contributed by atoms with Crippen LogP contribution in [0.5, 0.6) is 5.75 Å². The molecule has 1 aliphatic heterocycles. The molecule has 0 unspecified atom stereocenters. The topological polar surface area (TPSA) is 45.1 Å². The van der Waals surface area contributed by atoms with E-state index in [4.69, 9.17) is 10.2 Å². The fourth-order valence-corrected chi connectivity index (χ4v) is 2.78. The van der Waals surface area contributed by atoms with E-state index in [1.54, 1.807) is 6.20 Å². The number of fused-ring (bicyclic) bond motifs is 4. The molecule has 0 atom stereocenters. The molecule has 3 nitrogen and oxygen atoms in total. The van der Waals surface area contributed by atoms with Crippen LogP contribution in [0.2, 0.25) is 0 Å². The molecule has 2 aromatic rings. The third-order valence-corrected chi connectivity index (χ3v) is 3.71. The van der Waals surface area contributed by atoms with E-state index < -0.39 is 0 Å². The van der Waals surface area contributed by atoms with Gasteiger partial charge in [0.05, 0.1) is 5.71 Å². The standard InChI is InChI=1S/C16H12N2O/c17-15-12-4-2-1-3-11(12)9-14-13(15)6-5-10-7-8-18-19-16(10)14/h1-8,17-18H,9H2. The summed E-state index contributed by atoms with van der Waals surface area (Å²) in [7, 11) is 0. The van der Waals surface area contributed by atoms with E-state index in [-0.39, 0.29) is 0 Å². The Morgan fingerprint density at radius 2 is 1.95 bits per heavy atom. The van der Waals surface area contributed by atoms with Gasteiger partial charge in [-0.05, 0) is 11.6 Å². The summed E-state index contributed by atoms with van der Waals surface area (Å²) in [5.41, 5.74) is 8.69. The zero-order valence-electron chi connectivity index (χ0n) is 10.2. The van der Waals surface area contributed by atoms with Crippen LogP contribution in [0.1, 0.15) is 27.8 Å². The maximum absolute atomic E-state index is 8.38. The van der Waals surface area contributed by atoms with Crippen molar-refractivity contribution < 1.29 is 4.84 Å². The SMILES string of the molecule is N=C1c2ccccc2Cc2c1ccc1c2ONC=C1. The molecule has 2 aliphatic rings. The number of hydroxylamine groups is 1. The number of rotatable bonds is 0. The van der Waals surface area contributed by atoms with Crippen molar-refractivity contribution in [1.82, 2.24) is 5.48 Å². The van der Waals surface area contributed by atoms with Crippen LogP contribution in [0, 0.1) is 5.41 Å². The van der Waals surface area contributed by atoms with Crippen molar-refractivity contribution in [2.75, 3.05) is 0 Å². The molecule has 19 heavy (non-hydrogen) atoms. The van der Waals surface area contributed by atoms with E-state index in [0.29, 0.717) is 5.71 Å². The minimum atomic E-state index is 0.581. The van der Waals surface area contributed by atoms with Gasteiger partial charge in [-0.15, -0.1) is 0 Å². The normalized spacial score (nSPS) is 14.8. The fourth-order valence-electron chi connectivity index (χ4n) is 2.78. The van der Waals surface area contributed by atoms with Crippen molar-refractivity contribution in [3.63, 3.8) is 0 Å². The van der Waals surface area contributed by atoms with Gasteiger partial charge in [0.25, 0.3) is 0 Å². The molecule has 4 rings (SSSR count). The van der Waals surface area contributed by atoms with Gasteiger partial charge < -0.3 is 4.84 Å². The van der Waals surface area contributed by atoms with Crippen LogP contribution in [0.3, 0.4) is 0 Å². The van der Waals surface area contributed by atoms with Gasteiger partial charge >= 0.3 is 0 Å². The van der Waals surface area contributed by atoms with Crippen molar-refractivity contribution in [3.8, 4) is 5.75 Å². The maximum Gasteiger partial charge on any atom is 0.166 e. The molecule has 1 aliphatic carbocycles. The van der Waals surface area contributed by atoms with Gasteiger partial charge in [-0.25, -0.2) is 5.48 Å². The third-order valence-electron chi connectivity index (χ3n) is 3.71. The molecule has 0 radical (unpaired) electrons. The quantitative estimate of drug-likeness (QED) is 0.642. The zero-order valence-corrected chi connectivity index (χ0v) is 10.2. The highest BCUT2D eigenvalue weighted by Gasteiger charge is 2.25. The molecule has 2 aromatic carbocycles. The molecule has 0 amide bonds. The summed E-state index contributed by atoms with van der Waals surface area (Å²) in [4.78, 5) is 5.55. The van der Waals surface area contributed by atoms with Gasteiger partial charge in [0, 0.05) is 34.9 Å². The van der Waals surface area contributed by atoms with Gasteiger partial charge in [-0.1, -0.05) is 36.4 Å². The second kappa shape index (κ2) is 3.72. The summed E-state index contributed by atoms with van der Waals surface area (Å²) >= 11 is 0. The predicted octanol–water partition coefficient (Wildman–Crippen LogP) is 2.87. The molecule has 0 fully saturated rings. The summed E-state index contributed by atoms with van der Waals surface area (Å²) in [6, 6.07) is 12.1. The van der Waals surface area contributed by atoms with Gasteiger partial charge in [0.2, 0.25) is 0 Å². The van der Waals surface area contributed by atoms with E-state index in [1.165, 1.54) is 5.56 Å². The molecule has 0 aromatic heterocycles. The van der Waals surface area contributed by atoms with Crippen LogP contribution in [-0.2, 0) is 6.42 Å². The minimum Gasteiger partial charge on any atom is -0.382 e. The second-order valence-electron chi connectivity index (χ2n) is 4.77. The molecule has 0 spiro atoms. The van der Waals surface area contributed by atoms with Gasteiger partial charge in [0.15, 0.2) is 5.75 Å². The highest BCUT2D eigenvalue weighted by Crippen LogP contribution is 2.36. The first-order valence-electron chi connectivity index (χ1n) is 6.26. The molecule has 0 bridgehead atoms. The highest BCUT2D eigenvalue weighted by molar-refractivity contribution is 6.14. The van der Waals surface area contributed by atoms with Crippen molar-refractivity contribution in [2.24, 2.45) is 0 Å². The smallest absolute Gasteiger partial charge is 0.166 e. The maximum atomic E-state index is 8.38. The Morgan fingerprint density at radius 3 is 2.89 bits per heavy atom. The number of nitrogens with one attached hydrogen (secondary N) is 2. The van der Waals surface area contributed by atoms with Crippen LogP contribution in [0.4, 0.5) is 0 Å². The van der Waals surface area contributed by atoms with Crippen LogP contribution >= 0.6 is 0 Å². The van der Waals surface area contributed by atoms with Crippen molar-refractivity contribution in [1.29, 1.82) is 5.41 Å². The predicted molar refractivity (Wildman–Crippen MR) is 74.4 cm³/mol. The van der Waals surface area contributed by atoms with Crippen LogP contribution < -0.4 is 10.3 Å². The number of hydrogen-bond donors (Lipinski definition) is 2. The van der Waals surface area contributed by atoms with Crippen LogP contribution in [-0.4, -0.2) is 5.71 Å². The lowest BCUT2D eigenvalue weighted by Crippen LogP contribution is -2.21. The van der Waals surface area contributed by atoms with E-state index in [0.717, 1.165) is 34.4 Å². The van der Waals surface area contributed by atoms with E-state index in [1.807, 2.05) is 36.4 Å². The first kappa shape index (κ1) is 10.4. The molecule has 1 heterocycles. The molecule has 0 saturated carbocycles. The lowest BCUT2D eigenvalue weighted by molar-refractivity contribution is 0.237. The first-order valence-corrected chi connectivity index (χ1v) is 6.26. The van der Waals surface area contributed by atoms with E-state index in [2.05, 4.69) is 11.5 Å². The van der Waals surface area contributed by atoms with Gasteiger partial charge in [0.1, 0.15) is 0 Å². The molecule has 92 valence electrons. The summed E-state index contributed by atoms with van der Waals surface area (Å²) in [6.07, 6.45) is 4.58. The Balaban J connectivity index is 1.96. The van der Waals surface area contributed by atoms with Crippen LogP contribution in [0.15, 0.2) is 42.6 Å². The Hall–Kier alpha value is -2.55. The minimum absolute atomic E-state index is 0.581. The lowest BCUT2D eigenvalue weighted by Gasteiger charge is -2.25. The number of hydrogen-bond acceptors (Lipinski definition) is 3. The third kappa shape index (κ3) is 1.41. The molecule has 2 N–H and O–H groups in total. The zero-order chi connectivity index (χ0) is 12.8. The van der Waals surface area contributed by atoms with Crippen molar-refractivity contribution >= 4 is 11.8 Å². The molecular weight excluding hydrogens is 236 g/mol. The molecule has 0 saturated heterocycles. The summed E-state index contributed by atoms with van der Waals surface area (Å²) in [5, 5.41) is 8.38. The lowest BCUT2D eigenvalue weighted by atomic mass is 9.83. The largest absolute Gasteiger partial charge is 0.382 e. The van der Waals surface area contributed by atoms with Crippen LogP contribution in [0.25, 0.3) is 6.08 Å². The van der Waals surface area contributed by atoms with E-state index >= 15 is 0 Å². The Labute approximate surface area is 111 Å². The van der Waals surface area contributed by atoms with Gasteiger partial charge in [-0.3, -0.25) is 5.41 Å². The number of benzene rings is 2. The van der Waals surface area contributed by atoms with Crippen molar-refractivity contribution in [3.05, 3.63) is 70.4 Å². The summed E-state index contributed by atoms with van der Waals surface area (Å²) < 4.78 is 0. The monoisotopic (exact) mass is 248 g/mol. The Kier molecular flexibility index (Phi) is 2.03. The fraction of sp³-hybridized carbons (Fsp3) is 0.0625. The first-order chi connectivity index (χ1) is 9.34. The Morgan fingerprint density at radius 1 is 1.05 bits per heavy atom.